The zero-order chi connectivity index (χ0) is 14.7. The number of aromatic nitrogens is 1. The average molecular weight is 316 g/mol. The maximum Gasteiger partial charge on any atom is 0.244 e. The molecule has 108 valence electrons. The molecule has 0 spiro atoms. The van der Waals surface area contributed by atoms with Gasteiger partial charge in [0.05, 0.1) is 16.7 Å². The molecule has 3 nitrogen and oxygen atoms in total. The van der Waals surface area contributed by atoms with Gasteiger partial charge in [0.1, 0.15) is 0 Å². The van der Waals surface area contributed by atoms with Crippen LogP contribution in [0.2, 0.25) is 0 Å². The molecule has 1 atom stereocenters. The third kappa shape index (κ3) is 3.54. The molecule has 0 aliphatic carbocycles. The number of nitrogens with one attached hydrogen (secondary N) is 1. The number of aryl methyl sites for hydroxylation is 1. The highest BCUT2D eigenvalue weighted by atomic mass is 32.2. The van der Waals surface area contributed by atoms with Crippen molar-refractivity contribution in [2.24, 2.45) is 0 Å². The molecule has 1 aliphatic rings. The fraction of sp³-hybridized carbons (Fsp3) is 0.250. The largest absolute Gasteiger partial charge is 0.346 e. The van der Waals surface area contributed by atoms with Gasteiger partial charge < -0.3 is 5.32 Å². The van der Waals surface area contributed by atoms with Crippen molar-refractivity contribution in [1.29, 1.82) is 0 Å². The molecule has 1 aromatic heterocycles. The van der Waals surface area contributed by atoms with Crippen molar-refractivity contribution in [2.75, 3.05) is 5.75 Å². The number of thioether (sulfide) groups is 1. The van der Waals surface area contributed by atoms with Crippen LogP contribution in [0.3, 0.4) is 0 Å². The molecule has 21 heavy (non-hydrogen) atoms. The van der Waals surface area contributed by atoms with Crippen LogP contribution in [0.4, 0.5) is 0 Å². The summed E-state index contributed by atoms with van der Waals surface area (Å²) in [5.74, 6) is 0.976. The molecule has 1 amide bonds. The normalized spacial score (nSPS) is 17.7. The minimum atomic E-state index is -0.0626. The van der Waals surface area contributed by atoms with E-state index in [1.807, 2.05) is 36.2 Å². The van der Waals surface area contributed by atoms with Crippen LogP contribution in [0.1, 0.15) is 28.7 Å². The quantitative estimate of drug-likeness (QED) is 0.875. The number of hydrogen-bond acceptors (Lipinski definition) is 4. The summed E-state index contributed by atoms with van der Waals surface area (Å²) in [4.78, 5) is 17.7. The molecule has 1 N–H and O–H groups in total. The van der Waals surface area contributed by atoms with Crippen LogP contribution >= 0.6 is 23.1 Å². The van der Waals surface area contributed by atoms with E-state index in [-0.39, 0.29) is 11.9 Å². The lowest BCUT2D eigenvalue weighted by molar-refractivity contribution is -0.117. The first-order valence-corrected chi connectivity index (χ1v) is 8.71. The van der Waals surface area contributed by atoms with Gasteiger partial charge in [-0.25, -0.2) is 4.98 Å². The second-order valence-corrected chi connectivity index (χ2v) is 7.06. The molecule has 1 unspecified atom stereocenters. The number of fused-ring (bicyclic) bond motifs is 1. The first kappa shape index (κ1) is 14.4. The summed E-state index contributed by atoms with van der Waals surface area (Å²) in [6.07, 6.45) is 4.30. The minimum absolute atomic E-state index is 0.0626. The van der Waals surface area contributed by atoms with Gasteiger partial charge in [0.25, 0.3) is 0 Å². The number of rotatable bonds is 3. The Morgan fingerprint density at radius 3 is 3.10 bits per heavy atom. The van der Waals surface area contributed by atoms with E-state index in [4.69, 9.17) is 0 Å². The Hall–Kier alpha value is -1.59. The predicted octanol–water partition coefficient (Wildman–Crippen LogP) is 3.82. The molecule has 0 saturated heterocycles. The summed E-state index contributed by atoms with van der Waals surface area (Å²) < 4.78 is 0. The van der Waals surface area contributed by atoms with Gasteiger partial charge in [0.2, 0.25) is 5.91 Å². The first-order valence-electron chi connectivity index (χ1n) is 6.85. The van der Waals surface area contributed by atoms with Crippen LogP contribution in [0, 0.1) is 6.92 Å². The Bertz CT molecular complexity index is 678. The number of nitrogens with zero attached hydrogens (tertiary/aromatic N) is 1. The smallest absolute Gasteiger partial charge is 0.244 e. The van der Waals surface area contributed by atoms with Crippen molar-refractivity contribution in [3.8, 4) is 0 Å². The molecular weight excluding hydrogens is 300 g/mol. The zero-order valence-electron chi connectivity index (χ0n) is 11.7. The lowest BCUT2D eigenvalue weighted by Crippen LogP contribution is -2.29. The van der Waals surface area contributed by atoms with E-state index in [0.717, 1.165) is 22.9 Å². The maximum atomic E-state index is 12.1. The van der Waals surface area contributed by atoms with E-state index < -0.39 is 0 Å². The Morgan fingerprint density at radius 2 is 2.29 bits per heavy atom. The van der Waals surface area contributed by atoms with Gasteiger partial charge in [0, 0.05) is 22.1 Å². The molecule has 0 radical (unpaired) electrons. The topological polar surface area (TPSA) is 42.0 Å². The maximum absolute atomic E-state index is 12.1. The summed E-state index contributed by atoms with van der Waals surface area (Å²) in [6.45, 7) is 1.96. The van der Waals surface area contributed by atoms with Gasteiger partial charge in [-0.2, -0.15) is 0 Å². The van der Waals surface area contributed by atoms with E-state index in [0.29, 0.717) is 0 Å². The van der Waals surface area contributed by atoms with E-state index in [9.17, 15) is 4.79 Å². The second-order valence-electron chi connectivity index (χ2n) is 4.86. The molecule has 1 aromatic carbocycles. The van der Waals surface area contributed by atoms with Crippen molar-refractivity contribution in [3.63, 3.8) is 0 Å². The summed E-state index contributed by atoms with van der Waals surface area (Å²) in [6, 6.07) is 8.39. The van der Waals surface area contributed by atoms with Crippen molar-refractivity contribution in [2.45, 2.75) is 24.3 Å². The summed E-state index contributed by atoms with van der Waals surface area (Å²) in [5.41, 5.74) is 2.06. The van der Waals surface area contributed by atoms with Gasteiger partial charge in [-0.05, 0) is 31.1 Å². The summed E-state index contributed by atoms with van der Waals surface area (Å²) in [5, 5.41) is 6.05. The Kier molecular flexibility index (Phi) is 4.41. The summed E-state index contributed by atoms with van der Waals surface area (Å²) >= 11 is 3.44. The molecular formula is C16H16N2OS2. The molecule has 0 fully saturated rings. The molecule has 2 heterocycles. The summed E-state index contributed by atoms with van der Waals surface area (Å²) in [7, 11) is 0. The highest BCUT2D eigenvalue weighted by Gasteiger charge is 2.20. The molecule has 3 rings (SSSR count). The van der Waals surface area contributed by atoms with E-state index in [1.165, 1.54) is 10.5 Å². The van der Waals surface area contributed by atoms with Gasteiger partial charge in [-0.1, -0.05) is 18.2 Å². The van der Waals surface area contributed by atoms with Crippen LogP contribution in [0.15, 0.2) is 40.6 Å². The number of thiazole rings is 1. The predicted molar refractivity (Wildman–Crippen MR) is 88.6 cm³/mol. The van der Waals surface area contributed by atoms with Gasteiger partial charge >= 0.3 is 0 Å². The fourth-order valence-electron chi connectivity index (χ4n) is 2.33. The van der Waals surface area contributed by atoms with Crippen molar-refractivity contribution >= 4 is 35.1 Å². The van der Waals surface area contributed by atoms with Crippen LogP contribution in [0.5, 0.6) is 0 Å². The third-order valence-corrected chi connectivity index (χ3v) is 5.23. The molecule has 2 aromatic rings. The highest BCUT2D eigenvalue weighted by Crippen LogP contribution is 2.35. The second kappa shape index (κ2) is 6.45. The Balaban J connectivity index is 1.67. The number of carbonyl (C=O) groups is 1. The number of carbonyl (C=O) groups excluding carboxylic acids is 1. The van der Waals surface area contributed by atoms with E-state index in [1.54, 1.807) is 23.5 Å². The van der Waals surface area contributed by atoms with Crippen LogP contribution in [0.25, 0.3) is 6.08 Å². The van der Waals surface area contributed by atoms with E-state index in [2.05, 4.69) is 22.4 Å². The van der Waals surface area contributed by atoms with Crippen molar-refractivity contribution in [1.82, 2.24) is 10.3 Å². The van der Waals surface area contributed by atoms with Crippen molar-refractivity contribution in [3.05, 3.63) is 52.0 Å². The number of amides is 1. The minimum Gasteiger partial charge on any atom is -0.346 e. The Labute approximate surface area is 132 Å². The van der Waals surface area contributed by atoms with Gasteiger partial charge in [0.15, 0.2) is 0 Å². The average Bonchev–Trinajstić information content (AvgIpc) is 2.91. The standard InChI is InChI=1S/C16H16N2OS2/c1-11-17-12(10-21-11)6-7-16(19)18-14-8-9-20-15-5-3-2-4-13(14)15/h2-7,10,14H,8-9H2,1H3,(H,18,19)/b7-6+. The Morgan fingerprint density at radius 1 is 1.43 bits per heavy atom. The zero-order valence-corrected chi connectivity index (χ0v) is 13.3. The van der Waals surface area contributed by atoms with Crippen LogP contribution in [-0.4, -0.2) is 16.6 Å². The molecule has 0 bridgehead atoms. The highest BCUT2D eigenvalue weighted by molar-refractivity contribution is 7.99. The first-order chi connectivity index (χ1) is 10.2. The van der Waals surface area contributed by atoms with Gasteiger partial charge in [-0.3, -0.25) is 4.79 Å². The third-order valence-electron chi connectivity index (χ3n) is 3.32. The van der Waals surface area contributed by atoms with Crippen LogP contribution in [-0.2, 0) is 4.79 Å². The number of benzene rings is 1. The lowest BCUT2D eigenvalue weighted by atomic mass is 10.0. The SMILES string of the molecule is Cc1nc(/C=C/C(=O)NC2CCSc3ccccc32)cs1. The van der Waals surface area contributed by atoms with Crippen molar-refractivity contribution < 1.29 is 4.79 Å². The molecule has 1 aliphatic heterocycles. The monoisotopic (exact) mass is 316 g/mol. The van der Waals surface area contributed by atoms with Gasteiger partial charge in [-0.15, -0.1) is 23.1 Å². The molecule has 5 heteroatoms. The van der Waals surface area contributed by atoms with Crippen LogP contribution < -0.4 is 5.32 Å². The number of hydrogen-bond donors (Lipinski definition) is 1. The molecule has 0 saturated carbocycles. The fourth-order valence-corrected chi connectivity index (χ4v) is 4.04. The van der Waals surface area contributed by atoms with E-state index >= 15 is 0 Å². The lowest BCUT2D eigenvalue weighted by Gasteiger charge is -2.25.